The second kappa shape index (κ2) is 7.66. The first-order chi connectivity index (χ1) is 14.5. The molecule has 0 bridgehead atoms. The molecule has 1 aliphatic heterocycles. The van der Waals surface area contributed by atoms with Crippen LogP contribution in [0.4, 0.5) is 11.5 Å². The lowest BCUT2D eigenvalue weighted by molar-refractivity contribution is 0.0985. The molecule has 0 aromatic carbocycles. The number of nitrogens with one attached hydrogen (secondary N) is 1. The lowest BCUT2D eigenvalue weighted by Gasteiger charge is -2.34. The minimum absolute atomic E-state index is 0.147. The van der Waals surface area contributed by atoms with Crippen molar-refractivity contribution in [3.63, 3.8) is 0 Å². The molecule has 10 heteroatoms. The topological polar surface area (TPSA) is 101 Å². The molecule has 0 radical (unpaired) electrons. The summed E-state index contributed by atoms with van der Waals surface area (Å²) < 4.78 is 25.7. The minimum Gasteiger partial charge on any atom is -0.377 e. The number of morpholine rings is 1. The van der Waals surface area contributed by atoms with Crippen molar-refractivity contribution in [3.05, 3.63) is 24.5 Å². The van der Waals surface area contributed by atoms with Crippen LogP contribution in [0.15, 0.2) is 28.9 Å². The van der Waals surface area contributed by atoms with Crippen LogP contribution in [-0.4, -0.2) is 66.5 Å². The molecule has 3 aromatic rings. The summed E-state index contributed by atoms with van der Waals surface area (Å²) in [5.41, 5.74) is 1.37. The summed E-state index contributed by atoms with van der Waals surface area (Å²) in [5, 5.41) is 12.4. The Balaban J connectivity index is 1.69. The molecular formula is C20H27N7O2S. The Hall–Kier alpha value is -2.46. The van der Waals surface area contributed by atoms with Crippen LogP contribution in [0.3, 0.4) is 0 Å². The molecule has 1 saturated carbocycles. The minimum atomic E-state index is -2.36. The second-order valence-electron chi connectivity index (χ2n) is 8.21. The molecule has 9 nitrogen and oxygen atoms in total. The molecule has 2 aliphatic rings. The number of aromatic amines is 1. The monoisotopic (exact) mass is 429 g/mol. The number of nitrogens with zero attached hydrogens (tertiary/aromatic N) is 6. The van der Waals surface area contributed by atoms with Crippen molar-refractivity contribution in [2.45, 2.75) is 43.9 Å². The Morgan fingerprint density at radius 1 is 1.33 bits per heavy atom. The number of anilines is 1. The quantitative estimate of drug-likeness (QED) is 0.684. The highest BCUT2D eigenvalue weighted by atomic mass is 32.2. The van der Waals surface area contributed by atoms with E-state index >= 15 is 0 Å². The molecule has 160 valence electrons. The largest absolute Gasteiger partial charge is 0.377 e. The first-order valence-corrected chi connectivity index (χ1v) is 12.5. The zero-order valence-corrected chi connectivity index (χ0v) is 18.1. The molecule has 0 unspecified atom stereocenters. The first-order valence-electron chi connectivity index (χ1n) is 10.5. The van der Waals surface area contributed by atoms with Crippen LogP contribution < -0.4 is 4.90 Å². The van der Waals surface area contributed by atoms with E-state index in [2.05, 4.69) is 27.1 Å². The summed E-state index contributed by atoms with van der Waals surface area (Å²) in [4.78, 5) is 7.15. The van der Waals surface area contributed by atoms with Gasteiger partial charge in [-0.25, -0.2) is 9.19 Å². The normalized spacial score (nSPS) is 22.5. The molecule has 0 amide bonds. The van der Waals surface area contributed by atoms with Crippen molar-refractivity contribution in [2.75, 3.05) is 30.9 Å². The number of pyridine rings is 1. The zero-order valence-electron chi connectivity index (χ0n) is 17.3. The molecule has 0 spiro atoms. The summed E-state index contributed by atoms with van der Waals surface area (Å²) in [5.74, 6) is 1.53. The van der Waals surface area contributed by atoms with Crippen LogP contribution in [0.2, 0.25) is 0 Å². The van der Waals surface area contributed by atoms with Crippen LogP contribution in [0.1, 0.15) is 32.6 Å². The van der Waals surface area contributed by atoms with Gasteiger partial charge in [0.15, 0.2) is 11.5 Å². The summed E-state index contributed by atoms with van der Waals surface area (Å²) >= 11 is 0. The van der Waals surface area contributed by atoms with Gasteiger partial charge in [-0.1, -0.05) is 12.8 Å². The molecule has 2 fully saturated rings. The number of ether oxygens (including phenoxy) is 1. The highest BCUT2D eigenvalue weighted by molar-refractivity contribution is 7.93. The fraction of sp³-hybridized carbons (Fsp3) is 0.550. The molecule has 30 heavy (non-hydrogen) atoms. The van der Waals surface area contributed by atoms with Crippen molar-refractivity contribution in [1.82, 2.24) is 25.0 Å². The van der Waals surface area contributed by atoms with E-state index in [1.165, 1.54) is 0 Å². The highest BCUT2D eigenvalue weighted by Gasteiger charge is 2.26. The van der Waals surface area contributed by atoms with E-state index in [0.29, 0.717) is 24.5 Å². The van der Waals surface area contributed by atoms with Crippen molar-refractivity contribution in [1.29, 1.82) is 0 Å². The maximum atomic E-state index is 13.5. The Labute approximate surface area is 176 Å². The van der Waals surface area contributed by atoms with Gasteiger partial charge in [0, 0.05) is 30.2 Å². The maximum absolute atomic E-state index is 13.5. The summed E-state index contributed by atoms with van der Waals surface area (Å²) in [7, 11) is -2.36. The van der Waals surface area contributed by atoms with Gasteiger partial charge < -0.3 is 9.64 Å². The summed E-state index contributed by atoms with van der Waals surface area (Å²) in [6.45, 7) is 4.18. The Morgan fingerprint density at radius 2 is 2.17 bits per heavy atom. The average molecular weight is 430 g/mol. The second-order valence-corrected chi connectivity index (χ2v) is 10.8. The third kappa shape index (κ3) is 3.47. The van der Waals surface area contributed by atoms with Crippen molar-refractivity contribution >= 4 is 32.3 Å². The van der Waals surface area contributed by atoms with Crippen molar-refractivity contribution in [3.8, 4) is 5.82 Å². The standard InChI is InChI=1S/C20H27N7O2S/c1-14-13-29-10-9-26(14)19-11-17(25-30(2,28)15-5-3-4-6-15)16-12-22-27(20(16)23-19)18-7-8-21-24-18/h7-8,11-12,14-15H,3-6,9-10,13H2,1-2H3,(H,21,24)/t14-,30+/m1/s1. The fourth-order valence-corrected chi connectivity index (χ4v) is 6.30. The van der Waals surface area contributed by atoms with Crippen LogP contribution in [0.25, 0.3) is 16.9 Å². The van der Waals surface area contributed by atoms with E-state index in [9.17, 15) is 4.21 Å². The van der Waals surface area contributed by atoms with Gasteiger partial charge >= 0.3 is 0 Å². The van der Waals surface area contributed by atoms with E-state index in [-0.39, 0.29) is 11.3 Å². The van der Waals surface area contributed by atoms with Crippen LogP contribution in [-0.2, 0) is 14.5 Å². The van der Waals surface area contributed by atoms with Gasteiger partial charge in [0.2, 0.25) is 0 Å². The highest BCUT2D eigenvalue weighted by Crippen LogP contribution is 2.34. The lowest BCUT2D eigenvalue weighted by atomic mass is 10.2. The van der Waals surface area contributed by atoms with E-state index in [4.69, 9.17) is 14.1 Å². The number of aromatic nitrogens is 5. The van der Waals surface area contributed by atoms with Gasteiger partial charge in [-0.15, -0.1) is 0 Å². The lowest BCUT2D eigenvalue weighted by Crippen LogP contribution is -2.44. The maximum Gasteiger partial charge on any atom is 0.169 e. The number of H-pyrrole nitrogens is 1. The fourth-order valence-electron chi connectivity index (χ4n) is 4.40. The van der Waals surface area contributed by atoms with Crippen molar-refractivity contribution in [2.24, 2.45) is 4.36 Å². The average Bonchev–Trinajstić information content (AvgIpc) is 3.48. The van der Waals surface area contributed by atoms with Gasteiger partial charge in [-0.3, -0.25) is 5.10 Å². The molecule has 1 aliphatic carbocycles. The van der Waals surface area contributed by atoms with Gasteiger partial charge in [0.25, 0.3) is 0 Å². The molecular weight excluding hydrogens is 402 g/mol. The third-order valence-corrected chi connectivity index (χ3v) is 8.35. The summed E-state index contributed by atoms with van der Waals surface area (Å²) in [6.07, 6.45) is 9.45. The first kappa shape index (κ1) is 19.5. The van der Waals surface area contributed by atoms with Gasteiger partial charge in [-0.2, -0.15) is 19.2 Å². The van der Waals surface area contributed by atoms with E-state index in [1.807, 2.05) is 12.1 Å². The van der Waals surface area contributed by atoms with E-state index in [0.717, 1.165) is 49.2 Å². The third-order valence-electron chi connectivity index (χ3n) is 6.08. The van der Waals surface area contributed by atoms with Gasteiger partial charge in [-0.05, 0) is 19.8 Å². The number of hydrogen-bond acceptors (Lipinski definition) is 7. The molecule has 5 rings (SSSR count). The molecule has 2 atom stereocenters. The molecule has 3 aromatic heterocycles. The predicted molar refractivity (Wildman–Crippen MR) is 117 cm³/mol. The van der Waals surface area contributed by atoms with E-state index in [1.54, 1.807) is 23.3 Å². The van der Waals surface area contributed by atoms with Gasteiger partial charge in [0.05, 0.1) is 52.5 Å². The van der Waals surface area contributed by atoms with E-state index < -0.39 is 9.73 Å². The number of hydrogen-bond donors (Lipinski definition) is 1. The molecule has 1 N–H and O–H groups in total. The molecule has 1 saturated heterocycles. The zero-order chi connectivity index (χ0) is 20.7. The van der Waals surface area contributed by atoms with Crippen LogP contribution in [0, 0.1) is 0 Å². The predicted octanol–water partition coefficient (Wildman–Crippen LogP) is 3.04. The number of rotatable bonds is 4. The number of fused-ring (bicyclic) bond motifs is 1. The summed E-state index contributed by atoms with van der Waals surface area (Å²) in [6, 6.07) is 4.00. The Kier molecular flexibility index (Phi) is 4.98. The smallest absolute Gasteiger partial charge is 0.169 e. The Morgan fingerprint density at radius 3 is 2.90 bits per heavy atom. The van der Waals surface area contributed by atoms with Crippen molar-refractivity contribution < 1.29 is 8.95 Å². The SMILES string of the molecule is C[C@@H]1COCCN1c1cc(N=[S@@](C)(=O)C2CCCC2)c2cnn(-c3ccn[nH]3)c2n1. The van der Waals surface area contributed by atoms with Crippen LogP contribution in [0.5, 0.6) is 0 Å². The van der Waals surface area contributed by atoms with Crippen LogP contribution >= 0.6 is 0 Å². The molecule has 4 heterocycles. The van der Waals surface area contributed by atoms with Gasteiger partial charge in [0.1, 0.15) is 5.82 Å². The Bertz CT molecular complexity index is 1160.